The molecule has 0 heterocycles. The molecule has 0 N–H and O–H groups in total. The van der Waals surface area contributed by atoms with Crippen molar-refractivity contribution in [3.8, 4) is 17.6 Å². The van der Waals surface area contributed by atoms with Crippen molar-refractivity contribution in [1.82, 2.24) is 0 Å². The second kappa shape index (κ2) is 5.43. The molecule has 2 aromatic carbocycles. The molecule has 0 amide bonds. The van der Waals surface area contributed by atoms with Gasteiger partial charge in [0.15, 0.2) is 17.4 Å². The normalized spacial score (nSPS) is 10.1. The Bertz CT molecular complexity index is 660. The second-order valence-electron chi connectivity index (χ2n) is 3.53. The van der Waals surface area contributed by atoms with Crippen molar-refractivity contribution in [2.45, 2.75) is 0 Å². The van der Waals surface area contributed by atoms with E-state index in [4.69, 9.17) is 33.2 Å². The van der Waals surface area contributed by atoms with Gasteiger partial charge in [-0.3, -0.25) is 0 Å². The first kappa shape index (κ1) is 13.6. The van der Waals surface area contributed by atoms with E-state index in [1.54, 1.807) is 6.07 Å². The van der Waals surface area contributed by atoms with Crippen molar-refractivity contribution in [3.05, 3.63) is 57.6 Å². The van der Waals surface area contributed by atoms with E-state index in [2.05, 4.69) is 0 Å². The molecular weight excluding hydrogens is 295 g/mol. The van der Waals surface area contributed by atoms with Gasteiger partial charge in [0.1, 0.15) is 10.8 Å². The van der Waals surface area contributed by atoms with Gasteiger partial charge in [0, 0.05) is 0 Å². The van der Waals surface area contributed by atoms with Crippen LogP contribution in [0.1, 0.15) is 5.56 Å². The Morgan fingerprint density at radius 2 is 1.74 bits per heavy atom. The lowest BCUT2D eigenvalue weighted by molar-refractivity contribution is 0.407. The molecule has 0 radical (unpaired) electrons. The van der Waals surface area contributed by atoms with Crippen molar-refractivity contribution < 1.29 is 13.5 Å². The van der Waals surface area contributed by atoms with Gasteiger partial charge in [0.2, 0.25) is 0 Å². The molecule has 0 aliphatic rings. The molecule has 0 aliphatic carbocycles. The molecular formula is C13H5Cl2F2NO. The molecule has 0 bridgehead atoms. The fourth-order valence-corrected chi connectivity index (χ4v) is 1.73. The standard InChI is InChI=1S/C13H5Cl2F2NO/c14-8-2-1-3-11(12(8)15)19-13-9(16)4-7(6-18)5-10(13)17/h1-5H. The van der Waals surface area contributed by atoms with Crippen LogP contribution in [0.25, 0.3) is 0 Å². The molecule has 6 heteroatoms. The van der Waals surface area contributed by atoms with Gasteiger partial charge in [0.05, 0.1) is 16.7 Å². The van der Waals surface area contributed by atoms with Gasteiger partial charge in [-0.15, -0.1) is 0 Å². The number of halogens is 4. The summed E-state index contributed by atoms with van der Waals surface area (Å²) in [4.78, 5) is 0. The Morgan fingerprint density at radius 3 is 2.32 bits per heavy atom. The number of ether oxygens (including phenoxy) is 1. The molecule has 0 unspecified atom stereocenters. The minimum atomic E-state index is -0.993. The fourth-order valence-electron chi connectivity index (χ4n) is 1.39. The number of benzene rings is 2. The first-order valence-corrected chi connectivity index (χ1v) is 5.79. The number of rotatable bonds is 2. The van der Waals surface area contributed by atoms with E-state index in [0.717, 1.165) is 12.1 Å². The summed E-state index contributed by atoms with van der Waals surface area (Å²) in [7, 11) is 0. The number of hydrogen-bond acceptors (Lipinski definition) is 2. The van der Waals surface area contributed by atoms with Gasteiger partial charge < -0.3 is 4.74 Å². The van der Waals surface area contributed by atoms with E-state index >= 15 is 0 Å². The average molecular weight is 300 g/mol. The van der Waals surface area contributed by atoms with Crippen LogP contribution < -0.4 is 4.74 Å². The first-order valence-electron chi connectivity index (χ1n) is 5.04. The lowest BCUT2D eigenvalue weighted by atomic mass is 10.2. The monoisotopic (exact) mass is 299 g/mol. The molecule has 2 aromatic rings. The third-order valence-corrected chi connectivity index (χ3v) is 3.06. The Balaban J connectivity index is 2.45. The van der Waals surface area contributed by atoms with Gasteiger partial charge >= 0.3 is 0 Å². The van der Waals surface area contributed by atoms with Gasteiger partial charge in [-0.05, 0) is 24.3 Å². The van der Waals surface area contributed by atoms with E-state index in [0.29, 0.717) is 0 Å². The molecule has 96 valence electrons. The SMILES string of the molecule is N#Cc1cc(F)c(Oc2cccc(Cl)c2Cl)c(F)c1. The zero-order chi connectivity index (χ0) is 14.0. The Hall–Kier alpha value is -1.83. The lowest BCUT2D eigenvalue weighted by Crippen LogP contribution is -1.95. The average Bonchev–Trinajstić information content (AvgIpc) is 2.38. The van der Waals surface area contributed by atoms with Crippen LogP contribution in [0.5, 0.6) is 11.5 Å². The van der Waals surface area contributed by atoms with Crippen LogP contribution in [0.15, 0.2) is 30.3 Å². The van der Waals surface area contributed by atoms with E-state index in [1.165, 1.54) is 18.2 Å². The maximum Gasteiger partial charge on any atom is 0.198 e. The summed E-state index contributed by atoms with van der Waals surface area (Å²) in [5.41, 5.74) is -0.139. The summed E-state index contributed by atoms with van der Waals surface area (Å²) in [6.07, 6.45) is 0. The largest absolute Gasteiger partial charge is 0.450 e. The third-order valence-electron chi connectivity index (χ3n) is 2.26. The summed E-state index contributed by atoms with van der Waals surface area (Å²) >= 11 is 11.6. The molecule has 0 fully saturated rings. The van der Waals surface area contributed by atoms with Crippen molar-refractivity contribution in [2.24, 2.45) is 0 Å². The third kappa shape index (κ3) is 2.78. The van der Waals surface area contributed by atoms with Gasteiger partial charge in [0.25, 0.3) is 0 Å². The van der Waals surface area contributed by atoms with Crippen LogP contribution in [-0.2, 0) is 0 Å². The molecule has 0 saturated carbocycles. The molecule has 0 saturated heterocycles. The molecule has 2 nitrogen and oxygen atoms in total. The van der Waals surface area contributed by atoms with Gasteiger partial charge in [-0.25, -0.2) is 8.78 Å². The Kier molecular flexibility index (Phi) is 3.89. The summed E-state index contributed by atoms with van der Waals surface area (Å²) in [6.45, 7) is 0. The lowest BCUT2D eigenvalue weighted by Gasteiger charge is -2.10. The van der Waals surface area contributed by atoms with Gasteiger partial charge in [-0.1, -0.05) is 29.3 Å². The molecule has 0 aromatic heterocycles. The number of nitriles is 1. The maximum atomic E-state index is 13.6. The first-order chi connectivity index (χ1) is 9.02. The van der Waals surface area contributed by atoms with E-state index in [1.807, 2.05) is 0 Å². The van der Waals surface area contributed by atoms with Crippen LogP contribution in [0.2, 0.25) is 10.0 Å². The minimum absolute atomic E-state index is 0.0247. The quantitative estimate of drug-likeness (QED) is 0.787. The summed E-state index contributed by atoms with van der Waals surface area (Å²) in [6, 6.07) is 7.85. The highest BCUT2D eigenvalue weighted by Crippen LogP contribution is 2.36. The van der Waals surface area contributed by atoms with Crippen LogP contribution in [0.3, 0.4) is 0 Å². The zero-order valence-corrected chi connectivity index (χ0v) is 10.8. The zero-order valence-electron chi connectivity index (χ0n) is 9.25. The van der Waals surface area contributed by atoms with Gasteiger partial charge in [-0.2, -0.15) is 5.26 Å². The van der Waals surface area contributed by atoms with Crippen molar-refractivity contribution in [3.63, 3.8) is 0 Å². The van der Waals surface area contributed by atoms with Crippen LogP contribution in [-0.4, -0.2) is 0 Å². The number of hydrogen-bond donors (Lipinski definition) is 0. The Labute approximate surface area is 117 Å². The predicted octanol–water partition coefficient (Wildman–Crippen LogP) is 4.94. The highest BCUT2D eigenvalue weighted by molar-refractivity contribution is 6.42. The summed E-state index contributed by atoms with van der Waals surface area (Å²) in [5.74, 6) is -2.60. The molecule has 19 heavy (non-hydrogen) atoms. The molecule has 0 aliphatic heterocycles. The number of nitrogens with zero attached hydrogens (tertiary/aromatic N) is 1. The topological polar surface area (TPSA) is 33.0 Å². The van der Waals surface area contributed by atoms with Crippen molar-refractivity contribution in [1.29, 1.82) is 5.26 Å². The van der Waals surface area contributed by atoms with E-state index in [9.17, 15) is 8.78 Å². The molecule has 0 atom stereocenters. The maximum absolute atomic E-state index is 13.6. The highest BCUT2D eigenvalue weighted by atomic mass is 35.5. The fraction of sp³-hybridized carbons (Fsp3) is 0. The van der Waals surface area contributed by atoms with E-state index in [-0.39, 0.29) is 21.4 Å². The molecule has 2 rings (SSSR count). The summed E-state index contributed by atoms with van der Waals surface area (Å²) < 4.78 is 32.3. The van der Waals surface area contributed by atoms with Crippen LogP contribution in [0, 0.1) is 23.0 Å². The van der Waals surface area contributed by atoms with E-state index < -0.39 is 17.4 Å². The predicted molar refractivity (Wildman–Crippen MR) is 67.6 cm³/mol. The van der Waals surface area contributed by atoms with Crippen LogP contribution in [0.4, 0.5) is 8.78 Å². The highest BCUT2D eigenvalue weighted by Gasteiger charge is 2.16. The second-order valence-corrected chi connectivity index (χ2v) is 4.32. The molecule has 0 spiro atoms. The van der Waals surface area contributed by atoms with Crippen molar-refractivity contribution >= 4 is 23.2 Å². The smallest absolute Gasteiger partial charge is 0.198 e. The summed E-state index contributed by atoms with van der Waals surface area (Å²) in [5, 5.41) is 8.84. The Morgan fingerprint density at radius 1 is 1.11 bits per heavy atom. The minimum Gasteiger partial charge on any atom is -0.450 e. The van der Waals surface area contributed by atoms with Crippen molar-refractivity contribution in [2.75, 3.05) is 0 Å². The van der Waals surface area contributed by atoms with Crippen LogP contribution >= 0.6 is 23.2 Å².